The second-order valence-corrected chi connectivity index (χ2v) is 4.88. The van der Waals surface area contributed by atoms with E-state index in [0.717, 1.165) is 0 Å². The van der Waals surface area contributed by atoms with Crippen molar-refractivity contribution in [1.82, 2.24) is 4.98 Å². The number of hydrogen-bond acceptors (Lipinski definition) is 6. The standard InChI is InChI=1S/C15H19NO5/c1-3-21-14(18)15(10-20-8-6-12(15)17)9-11-5-4-7-16-13(11)19-2/h4-5,7H,3,6,8-10H2,1-2H3. The molecule has 0 bridgehead atoms. The number of pyridine rings is 1. The number of aromatic nitrogens is 1. The molecule has 2 rings (SSSR count). The zero-order valence-electron chi connectivity index (χ0n) is 12.3. The Balaban J connectivity index is 2.36. The molecule has 0 radical (unpaired) electrons. The highest BCUT2D eigenvalue weighted by Gasteiger charge is 2.49. The van der Waals surface area contributed by atoms with E-state index < -0.39 is 11.4 Å². The Morgan fingerprint density at radius 3 is 3.00 bits per heavy atom. The van der Waals surface area contributed by atoms with Crippen molar-refractivity contribution >= 4 is 11.8 Å². The molecule has 0 amide bonds. The lowest BCUT2D eigenvalue weighted by atomic mass is 9.76. The van der Waals surface area contributed by atoms with Crippen LogP contribution in [-0.4, -0.2) is 43.7 Å². The molecule has 1 aromatic heterocycles. The van der Waals surface area contributed by atoms with Gasteiger partial charge >= 0.3 is 5.97 Å². The van der Waals surface area contributed by atoms with Crippen molar-refractivity contribution < 1.29 is 23.8 Å². The summed E-state index contributed by atoms with van der Waals surface area (Å²) in [6, 6.07) is 3.53. The summed E-state index contributed by atoms with van der Waals surface area (Å²) in [4.78, 5) is 28.8. The number of ketones is 1. The van der Waals surface area contributed by atoms with Gasteiger partial charge in [0.25, 0.3) is 0 Å². The van der Waals surface area contributed by atoms with Gasteiger partial charge in [0.05, 0.1) is 26.9 Å². The molecular formula is C15H19NO5. The molecule has 0 aliphatic carbocycles. The summed E-state index contributed by atoms with van der Waals surface area (Å²) in [7, 11) is 1.50. The molecule has 1 atom stereocenters. The molecule has 0 spiro atoms. The van der Waals surface area contributed by atoms with Gasteiger partial charge in [0, 0.05) is 24.6 Å². The van der Waals surface area contributed by atoms with E-state index in [1.807, 2.05) is 0 Å². The number of Topliss-reactive ketones (excluding diaryl/α,β-unsaturated/α-hetero) is 1. The van der Waals surface area contributed by atoms with Gasteiger partial charge in [0.2, 0.25) is 5.88 Å². The Bertz CT molecular complexity index is 531. The predicted octanol–water partition coefficient (Wildman–Crippen LogP) is 1.17. The fourth-order valence-electron chi connectivity index (χ4n) is 2.46. The highest BCUT2D eigenvalue weighted by atomic mass is 16.5. The number of carbonyl (C=O) groups is 2. The van der Waals surface area contributed by atoms with E-state index in [4.69, 9.17) is 14.2 Å². The Morgan fingerprint density at radius 1 is 1.52 bits per heavy atom. The minimum Gasteiger partial charge on any atom is -0.481 e. The molecule has 0 aromatic carbocycles. The fraction of sp³-hybridized carbons (Fsp3) is 0.533. The Hall–Kier alpha value is -1.95. The number of nitrogens with zero attached hydrogens (tertiary/aromatic N) is 1. The van der Waals surface area contributed by atoms with E-state index in [9.17, 15) is 9.59 Å². The van der Waals surface area contributed by atoms with Gasteiger partial charge in [-0.25, -0.2) is 4.98 Å². The summed E-state index contributed by atoms with van der Waals surface area (Å²) in [5.41, 5.74) is -0.614. The molecule has 6 heteroatoms. The lowest BCUT2D eigenvalue weighted by Gasteiger charge is -2.33. The van der Waals surface area contributed by atoms with Crippen molar-refractivity contribution in [2.24, 2.45) is 5.41 Å². The van der Waals surface area contributed by atoms with Gasteiger partial charge in [-0.3, -0.25) is 9.59 Å². The molecule has 114 valence electrons. The van der Waals surface area contributed by atoms with Crippen LogP contribution in [0.3, 0.4) is 0 Å². The lowest BCUT2D eigenvalue weighted by molar-refractivity contribution is -0.169. The molecule has 1 fully saturated rings. The van der Waals surface area contributed by atoms with Crippen molar-refractivity contribution in [2.45, 2.75) is 19.8 Å². The van der Waals surface area contributed by atoms with Crippen molar-refractivity contribution in [2.75, 3.05) is 26.9 Å². The van der Waals surface area contributed by atoms with Crippen LogP contribution in [0.2, 0.25) is 0 Å². The van der Waals surface area contributed by atoms with Crippen LogP contribution in [0, 0.1) is 5.41 Å². The predicted molar refractivity (Wildman–Crippen MR) is 74.0 cm³/mol. The summed E-state index contributed by atoms with van der Waals surface area (Å²) in [5.74, 6) is -0.293. The molecule has 1 aromatic rings. The molecule has 0 saturated carbocycles. The summed E-state index contributed by atoms with van der Waals surface area (Å²) in [6.07, 6.45) is 1.97. The number of methoxy groups -OCH3 is 1. The van der Waals surface area contributed by atoms with Gasteiger partial charge in [0.1, 0.15) is 0 Å². The highest BCUT2D eigenvalue weighted by Crippen LogP contribution is 2.33. The largest absolute Gasteiger partial charge is 0.481 e. The molecule has 1 unspecified atom stereocenters. The van der Waals surface area contributed by atoms with Crippen LogP contribution in [0.5, 0.6) is 5.88 Å². The van der Waals surface area contributed by atoms with E-state index in [1.165, 1.54) is 7.11 Å². The molecule has 0 N–H and O–H groups in total. The molecule has 1 aliphatic heterocycles. The van der Waals surface area contributed by atoms with Gasteiger partial charge in [-0.05, 0) is 13.0 Å². The summed E-state index contributed by atoms with van der Waals surface area (Å²) < 4.78 is 15.7. The zero-order valence-corrected chi connectivity index (χ0v) is 12.3. The average molecular weight is 293 g/mol. The van der Waals surface area contributed by atoms with Crippen molar-refractivity contribution in [1.29, 1.82) is 0 Å². The lowest BCUT2D eigenvalue weighted by Crippen LogP contribution is -2.49. The molecule has 1 saturated heterocycles. The minimum atomic E-state index is -1.30. The van der Waals surface area contributed by atoms with Gasteiger partial charge in [-0.1, -0.05) is 6.07 Å². The maximum absolute atomic E-state index is 12.4. The Labute approximate surface area is 123 Å². The molecule has 2 heterocycles. The van der Waals surface area contributed by atoms with Crippen molar-refractivity contribution in [3.8, 4) is 5.88 Å². The van der Waals surface area contributed by atoms with E-state index >= 15 is 0 Å². The quantitative estimate of drug-likeness (QED) is 0.599. The maximum atomic E-state index is 12.4. The van der Waals surface area contributed by atoms with Gasteiger partial charge in [-0.2, -0.15) is 0 Å². The number of rotatable bonds is 5. The van der Waals surface area contributed by atoms with Crippen LogP contribution in [0.4, 0.5) is 0 Å². The van der Waals surface area contributed by atoms with E-state index in [0.29, 0.717) is 18.1 Å². The van der Waals surface area contributed by atoms with Crippen LogP contribution < -0.4 is 4.74 Å². The topological polar surface area (TPSA) is 74.7 Å². The number of esters is 1. The number of carbonyl (C=O) groups excluding carboxylic acids is 2. The van der Waals surface area contributed by atoms with Crippen LogP contribution in [-0.2, 0) is 25.5 Å². The van der Waals surface area contributed by atoms with Crippen LogP contribution >= 0.6 is 0 Å². The fourth-order valence-corrected chi connectivity index (χ4v) is 2.46. The van der Waals surface area contributed by atoms with Gasteiger partial charge in [-0.15, -0.1) is 0 Å². The van der Waals surface area contributed by atoms with Gasteiger partial charge in [0.15, 0.2) is 11.2 Å². The zero-order chi connectivity index (χ0) is 15.3. The SMILES string of the molecule is CCOC(=O)C1(Cc2cccnc2OC)COCCC1=O. The first-order chi connectivity index (χ1) is 10.1. The summed E-state index contributed by atoms with van der Waals surface area (Å²) in [6.45, 7) is 2.30. The monoisotopic (exact) mass is 293 g/mol. The maximum Gasteiger partial charge on any atom is 0.322 e. The molecule has 1 aliphatic rings. The third kappa shape index (κ3) is 3.05. The smallest absolute Gasteiger partial charge is 0.322 e. The van der Waals surface area contributed by atoms with E-state index in [1.54, 1.807) is 25.3 Å². The Kier molecular flexibility index (Phi) is 4.90. The molecule has 6 nitrogen and oxygen atoms in total. The van der Waals surface area contributed by atoms with E-state index in [-0.39, 0.29) is 31.8 Å². The van der Waals surface area contributed by atoms with Crippen LogP contribution in [0.25, 0.3) is 0 Å². The third-order valence-electron chi connectivity index (χ3n) is 3.56. The second kappa shape index (κ2) is 6.67. The van der Waals surface area contributed by atoms with Crippen LogP contribution in [0.1, 0.15) is 18.9 Å². The van der Waals surface area contributed by atoms with Gasteiger partial charge < -0.3 is 14.2 Å². The highest BCUT2D eigenvalue weighted by molar-refractivity contribution is 6.04. The van der Waals surface area contributed by atoms with Crippen molar-refractivity contribution in [3.63, 3.8) is 0 Å². The van der Waals surface area contributed by atoms with Crippen LogP contribution in [0.15, 0.2) is 18.3 Å². The third-order valence-corrected chi connectivity index (χ3v) is 3.56. The summed E-state index contributed by atoms with van der Waals surface area (Å²) in [5, 5.41) is 0. The minimum absolute atomic E-state index is 0.0305. The summed E-state index contributed by atoms with van der Waals surface area (Å²) >= 11 is 0. The first-order valence-corrected chi connectivity index (χ1v) is 6.90. The Morgan fingerprint density at radius 2 is 2.33 bits per heavy atom. The first-order valence-electron chi connectivity index (χ1n) is 6.90. The molecule has 21 heavy (non-hydrogen) atoms. The normalized spacial score (nSPS) is 21.9. The van der Waals surface area contributed by atoms with E-state index in [2.05, 4.69) is 4.98 Å². The first kappa shape index (κ1) is 15.4. The number of ether oxygens (including phenoxy) is 3. The number of hydrogen-bond donors (Lipinski definition) is 0. The molecular weight excluding hydrogens is 274 g/mol. The average Bonchev–Trinajstić information content (AvgIpc) is 2.50. The second-order valence-electron chi connectivity index (χ2n) is 4.88. The van der Waals surface area contributed by atoms with Crippen molar-refractivity contribution in [3.05, 3.63) is 23.9 Å².